The fraction of sp³-hybridized carbons (Fsp3) is 0.933. The molecule has 0 amide bonds. The molecule has 2 heterocycles. The largest absolute Gasteiger partial charge is 0.394 e. The first-order valence-electron chi connectivity index (χ1n) is 8.29. The summed E-state index contributed by atoms with van der Waals surface area (Å²) in [5.74, 6) is -0.286. The highest BCUT2D eigenvalue weighted by molar-refractivity contribution is 5.76. The third-order valence-electron chi connectivity index (χ3n) is 4.59. The first-order valence-corrected chi connectivity index (χ1v) is 8.29. The topological polar surface area (TPSA) is 186 Å². The van der Waals surface area contributed by atoms with Gasteiger partial charge in [0, 0.05) is 6.42 Å². The Bertz CT molecular complexity index is 471. The van der Waals surface area contributed by atoms with Gasteiger partial charge in [0.1, 0.15) is 54.6 Å². The standard InChI is InChI=1S/C15H26O11/c1-5(18)2-6-9(19)12(22)14(8(4-17)24-6)26-15-13(23)11(21)10(20)7(3-16)25-15/h6-17,19-23H,2-4H2,1H3/t6-,7+,8+,9-,10+,11-,12+,13+,14+,15+/m0/s1. The molecule has 0 aromatic rings. The minimum Gasteiger partial charge on any atom is -0.394 e. The molecule has 2 rings (SSSR count). The van der Waals surface area contributed by atoms with Crippen LogP contribution in [0.25, 0.3) is 0 Å². The number of aliphatic hydroxyl groups excluding tert-OH is 7. The van der Waals surface area contributed by atoms with Gasteiger partial charge in [-0.05, 0) is 6.92 Å². The number of carbonyl (C=O) groups excluding carboxylic acids is 1. The first kappa shape index (κ1) is 21.6. The molecule has 0 radical (unpaired) electrons. The molecule has 0 saturated carbocycles. The quantitative estimate of drug-likeness (QED) is 0.235. The molecule has 152 valence electrons. The van der Waals surface area contributed by atoms with E-state index in [-0.39, 0.29) is 12.2 Å². The maximum absolute atomic E-state index is 11.2. The van der Waals surface area contributed by atoms with Crippen LogP contribution in [0.1, 0.15) is 13.3 Å². The van der Waals surface area contributed by atoms with Crippen molar-refractivity contribution in [2.75, 3.05) is 13.2 Å². The molecule has 26 heavy (non-hydrogen) atoms. The van der Waals surface area contributed by atoms with Crippen LogP contribution in [0.4, 0.5) is 0 Å². The minimum absolute atomic E-state index is 0.179. The highest BCUT2D eigenvalue weighted by Crippen LogP contribution is 2.30. The number of ketones is 1. The van der Waals surface area contributed by atoms with E-state index in [2.05, 4.69) is 0 Å². The van der Waals surface area contributed by atoms with E-state index < -0.39 is 74.4 Å². The first-order chi connectivity index (χ1) is 12.2. The summed E-state index contributed by atoms with van der Waals surface area (Å²) in [7, 11) is 0. The highest BCUT2D eigenvalue weighted by Gasteiger charge is 2.50. The Morgan fingerprint density at radius 2 is 1.38 bits per heavy atom. The second-order valence-electron chi connectivity index (χ2n) is 6.58. The molecule has 0 bridgehead atoms. The average Bonchev–Trinajstić information content (AvgIpc) is 2.60. The smallest absolute Gasteiger partial charge is 0.187 e. The van der Waals surface area contributed by atoms with E-state index in [9.17, 15) is 40.5 Å². The van der Waals surface area contributed by atoms with Gasteiger partial charge in [0.25, 0.3) is 0 Å². The molecule has 2 fully saturated rings. The van der Waals surface area contributed by atoms with Gasteiger partial charge in [-0.1, -0.05) is 0 Å². The lowest BCUT2D eigenvalue weighted by Crippen LogP contribution is -2.64. The van der Waals surface area contributed by atoms with Crippen LogP contribution in [-0.2, 0) is 19.0 Å². The number of aliphatic hydroxyl groups is 7. The van der Waals surface area contributed by atoms with Crippen molar-refractivity contribution in [3.05, 3.63) is 0 Å². The third-order valence-corrected chi connectivity index (χ3v) is 4.59. The lowest BCUT2D eigenvalue weighted by Gasteiger charge is -2.46. The summed E-state index contributed by atoms with van der Waals surface area (Å²) in [4.78, 5) is 11.2. The molecular formula is C15H26O11. The van der Waals surface area contributed by atoms with Gasteiger partial charge in [0.15, 0.2) is 6.29 Å². The zero-order chi connectivity index (χ0) is 19.6. The van der Waals surface area contributed by atoms with Crippen molar-refractivity contribution in [1.29, 1.82) is 0 Å². The fourth-order valence-corrected chi connectivity index (χ4v) is 3.12. The molecule has 0 aromatic heterocycles. The van der Waals surface area contributed by atoms with Crippen LogP contribution in [0.3, 0.4) is 0 Å². The third kappa shape index (κ3) is 4.39. The molecule has 2 aliphatic heterocycles. The Morgan fingerprint density at radius 3 is 1.92 bits per heavy atom. The van der Waals surface area contributed by atoms with Crippen LogP contribution >= 0.6 is 0 Å². The van der Waals surface area contributed by atoms with Crippen molar-refractivity contribution in [3.8, 4) is 0 Å². The second-order valence-corrected chi connectivity index (χ2v) is 6.58. The van der Waals surface area contributed by atoms with Crippen molar-refractivity contribution in [1.82, 2.24) is 0 Å². The van der Waals surface area contributed by atoms with Crippen molar-refractivity contribution < 1.29 is 54.8 Å². The molecule has 10 atom stereocenters. The Balaban J connectivity index is 2.12. The molecule has 11 heteroatoms. The van der Waals surface area contributed by atoms with Gasteiger partial charge in [0.05, 0.1) is 19.3 Å². The number of rotatable bonds is 6. The molecule has 0 aromatic carbocycles. The van der Waals surface area contributed by atoms with Crippen molar-refractivity contribution >= 4 is 5.78 Å². The van der Waals surface area contributed by atoms with Crippen molar-refractivity contribution in [2.45, 2.75) is 74.6 Å². The molecule has 0 aliphatic carbocycles. The van der Waals surface area contributed by atoms with E-state index >= 15 is 0 Å². The van der Waals surface area contributed by atoms with Crippen LogP contribution in [0.15, 0.2) is 0 Å². The molecular weight excluding hydrogens is 356 g/mol. The molecule has 2 saturated heterocycles. The van der Waals surface area contributed by atoms with Crippen LogP contribution in [-0.4, -0.2) is 116 Å². The average molecular weight is 382 g/mol. The summed E-state index contributed by atoms with van der Waals surface area (Å²) >= 11 is 0. The summed E-state index contributed by atoms with van der Waals surface area (Å²) in [5.41, 5.74) is 0. The van der Waals surface area contributed by atoms with Gasteiger partial charge in [-0.3, -0.25) is 4.79 Å². The summed E-state index contributed by atoms with van der Waals surface area (Å²) in [5, 5.41) is 68.6. The van der Waals surface area contributed by atoms with Gasteiger partial charge in [-0.2, -0.15) is 0 Å². The summed E-state index contributed by atoms with van der Waals surface area (Å²) in [6.07, 6.45) is -14.6. The van der Waals surface area contributed by atoms with Gasteiger partial charge in [-0.25, -0.2) is 0 Å². The Kier molecular flexibility index (Phi) is 7.44. The minimum atomic E-state index is -1.72. The molecule has 0 unspecified atom stereocenters. The number of carbonyl (C=O) groups is 1. The predicted molar refractivity (Wildman–Crippen MR) is 81.7 cm³/mol. The maximum Gasteiger partial charge on any atom is 0.187 e. The molecule has 2 aliphatic rings. The van der Waals surface area contributed by atoms with Crippen LogP contribution in [0, 0.1) is 0 Å². The van der Waals surface area contributed by atoms with Crippen molar-refractivity contribution in [2.24, 2.45) is 0 Å². The zero-order valence-electron chi connectivity index (χ0n) is 14.2. The van der Waals surface area contributed by atoms with Crippen molar-refractivity contribution in [3.63, 3.8) is 0 Å². The molecule has 7 N–H and O–H groups in total. The molecule has 0 spiro atoms. The number of ether oxygens (including phenoxy) is 3. The fourth-order valence-electron chi connectivity index (χ4n) is 3.12. The Labute approximate surface area is 149 Å². The van der Waals surface area contributed by atoms with E-state index in [1.54, 1.807) is 0 Å². The van der Waals surface area contributed by atoms with Gasteiger partial charge < -0.3 is 50.0 Å². The lowest BCUT2D eigenvalue weighted by atomic mass is 9.92. The zero-order valence-corrected chi connectivity index (χ0v) is 14.2. The van der Waals surface area contributed by atoms with Gasteiger partial charge >= 0.3 is 0 Å². The van der Waals surface area contributed by atoms with E-state index in [1.165, 1.54) is 6.92 Å². The van der Waals surface area contributed by atoms with E-state index in [0.717, 1.165) is 0 Å². The predicted octanol–water partition coefficient (Wildman–Crippen LogP) is -4.37. The normalized spacial score (nSPS) is 46.9. The monoisotopic (exact) mass is 382 g/mol. The van der Waals surface area contributed by atoms with Gasteiger partial charge in [-0.15, -0.1) is 0 Å². The number of Topliss-reactive ketones (excluding diaryl/α,β-unsaturated/α-hetero) is 1. The van der Waals surface area contributed by atoms with E-state index in [0.29, 0.717) is 0 Å². The number of hydrogen-bond acceptors (Lipinski definition) is 11. The SMILES string of the molecule is CC(=O)C[C@@H]1O[C@H](CO)[C@@H](O[C@H]2O[C@H](CO)[C@@H](O)[C@H](O)[C@H]2O)[C@H](O)[C@H]1O. The van der Waals surface area contributed by atoms with Crippen LogP contribution < -0.4 is 0 Å². The lowest BCUT2D eigenvalue weighted by molar-refractivity contribution is -0.341. The van der Waals surface area contributed by atoms with Crippen LogP contribution in [0.2, 0.25) is 0 Å². The Morgan fingerprint density at radius 1 is 0.808 bits per heavy atom. The second kappa shape index (κ2) is 8.97. The maximum atomic E-state index is 11.2. The number of hydrogen-bond donors (Lipinski definition) is 7. The van der Waals surface area contributed by atoms with Crippen LogP contribution in [0.5, 0.6) is 0 Å². The van der Waals surface area contributed by atoms with Gasteiger partial charge in [0.2, 0.25) is 0 Å². The highest BCUT2D eigenvalue weighted by atomic mass is 16.7. The van der Waals surface area contributed by atoms with E-state index in [1.807, 2.05) is 0 Å². The summed E-state index contributed by atoms with van der Waals surface area (Å²) in [6, 6.07) is 0. The van der Waals surface area contributed by atoms with E-state index in [4.69, 9.17) is 14.2 Å². The Hall–Kier alpha value is -0.730. The summed E-state index contributed by atoms with van der Waals surface area (Å²) < 4.78 is 16.0. The summed E-state index contributed by atoms with van der Waals surface area (Å²) in [6.45, 7) is -0.00546. The molecule has 11 nitrogen and oxygen atoms in total.